The predicted octanol–water partition coefficient (Wildman–Crippen LogP) is 1.75. The van der Waals surface area contributed by atoms with Crippen molar-refractivity contribution in [1.29, 1.82) is 0 Å². The van der Waals surface area contributed by atoms with E-state index in [2.05, 4.69) is 25.9 Å². The molecule has 0 aromatic carbocycles. The van der Waals surface area contributed by atoms with Crippen LogP contribution in [-0.2, 0) is 6.54 Å². The van der Waals surface area contributed by atoms with Gasteiger partial charge in [0.25, 0.3) is 0 Å². The Morgan fingerprint density at radius 2 is 1.92 bits per heavy atom. The zero-order chi connectivity index (χ0) is 16.6. The van der Waals surface area contributed by atoms with Crippen LogP contribution in [0.1, 0.15) is 37.3 Å². The number of nitrogens with two attached hydrogens (primary N) is 1. The average Bonchev–Trinajstić information content (AvgIpc) is 3.05. The molecule has 0 amide bonds. The zero-order valence-electron chi connectivity index (χ0n) is 14.6. The summed E-state index contributed by atoms with van der Waals surface area (Å²) in [4.78, 5) is 15.1. The number of imidazole rings is 1. The maximum atomic E-state index is 10.8. The lowest BCUT2D eigenvalue weighted by atomic mass is 9.78. The van der Waals surface area contributed by atoms with Crippen molar-refractivity contribution < 1.29 is 5.11 Å². The quantitative estimate of drug-likeness (QED) is 0.811. The SMILES string of the molecule is Cl.Cl.NC1CC(c2cc(N3CCC(O)(Cn4ccnc4)CC3)ncn2)C1. The second kappa shape index (κ2) is 8.52. The average molecular weight is 401 g/mol. The van der Waals surface area contributed by atoms with Crippen LogP contribution in [0.5, 0.6) is 0 Å². The highest BCUT2D eigenvalue weighted by Gasteiger charge is 2.34. The lowest BCUT2D eigenvalue weighted by Gasteiger charge is -2.39. The van der Waals surface area contributed by atoms with E-state index < -0.39 is 5.60 Å². The van der Waals surface area contributed by atoms with Crippen molar-refractivity contribution in [2.45, 2.75) is 49.8 Å². The van der Waals surface area contributed by atoms with Crippen molar-refractivity contribution >= 4 is 30.6 Å². The molecule has 2 aromatic rings. The molecule has 9 heteroatoms. The molecule has 1 aliphatic heterocycles. The molecule has 2 aromatic heterocycles. The highest BCUT2D eigenvalue weighted by Crippen LogP contribution is 2.35. The van der Waals surface area contributed by atoms with Gasteiger partial charge in [-0.3, -0.25) is 0 Å². The lowest BCUT2D eigenvalue weighted by Crippen LogP contribution is -2.47. The maximum Gasteiger partial charge on any atom is 0.132 e. The molecule has 3 N–H and O–H groups in total. The number of piperidine rings is 1. The molecule has 144 valence electrons. The van der Waals surface area contributed by atoms with E-state index >= 15 is 0 Å². The number of anilines is 1. The van der Waals surface area contributed by atoms with Gasteiger partial charge in [-0.2, -0.15) is 0 Å². The minimum absolute atomic E-state index is 0. The summed E-state index contributed by atoms with van der Waals surface area (Å²) in [6, 6.07) is 2.41. The van der Waals surface area contributed by atoms with Gasteiger partial charge in [0.05, 0.1) is 18.5 Å². The van der Waals surface area contributed by atoms with Gasteiger partial charge >= 0.3 is 0 Å². The van der Waals surface area contributed by atoms with Crippen molar-refractivity contribution in [2.75, 3.05) is 18.0 Å². The van der Waals surface area contributed by atoms with Crippen molar-refractivity contribution in [2.24, 2.45) is 5.73 Å². The Bertz CT molecular complexity index is 684. The largest absolute Gasteiger partial charge is 0.388 e. The molecule has 2 fully saturated rings. The molecular weight excluding hydrogens is 375 g/mol. The van der Waals surface area contributed by atoms with E-state index in [0.29, 0.717) is 18.5 Å². The summed E-state index contributed by atoms with van der Waals surface area (Å²) in [7, 11) is 0. The predicted molar refractivity (Wildman–Crippen MR) is 105 cm³/mol. The Hall–Kier alpha value is -1.41. The molecule has 3 heterocycles. The van der Waals surface area contributed by atoms with Crippen molar-refractivity contribution in [3.05, 3.63) is 36.8 Å². The summed E-state index contributed by atoms with van der Waals surface area (Å²) in [5.41, 5.74) is 6.31. The van der Waals surface area contributed by atoms with E-state index in [4.69, 9.17) is 5.73 Å². The minimum atomic E-state index is -0.673. The molecule has 7 nitrogen and oxygen atoms in total. The van der Waals surface area contributed by atoms with E-state index in [-0.39, 0.29) is 24.8 Å². The molecule has 2 aliphatic rings. The van der Waals surface area contributed by atoms with Crippen LogP contribution >= 0.6 is 24.8 Å². The highest BCUT2D eigenvalue weighted by molar-refractivity contribution is 5.85. The third-order valence-corrected chi connectivity index (χ3v) is 5.32. The third kappa shape index (κ3) is 4.46. The Kier molecular flexibility index (Phi) is 6.85. The molecule has 0 radical (unpaired) electrons. The summed E-state index contributed by atoms with van der Waals surface area (Å²) in [6.45, 7) is 2.19. The van der Waals surface area contributed by atoms with Gasteiger partial charge in [0.15, 0.2) is 0 Å². The van der Waals surface area contributed by atoms with E-state index in [0.717, 1.165) is 50.3 Å². The number of aromatic nitrogens is 4. The zero-order valence-corrected chi connectivity index (χ0v) is 16.2. The minimum Gasteiger partial charge on any atom is -0.388 e. The number of rotatable bonds is 4. The van der Waals surface area contributed by atoms with E-state index in [1.54, 1.807) is 18.9 Å². The van der Waals surface area contributed by atoms with Crippen LogP contribution in [0.4, 0.5) is 5.82 Å². The monoisotopic (exact) mass is 400 g/mol. The van der Waals surface area contributed by atoms with E-state index in [1.807, 2.05) is 10.8 Å². The highest BCUT2D eigenvalue weighted by atomic mass is 35.5. The van der Waals surface area contributed by atoms with Crippen LogP contribution in [0.25, 0.3) is 0 Å². The fourth-order valence-corrected chi connectivity index (χ4v) is 3.69. The van der Waals surface area contributed by atoms with Gasteiger partial charge in [-0.05, 0) is 25.7 Å². The van der Waals surface area contributed by atoms with Gasteiger partial charge < -0.3 is 20.3 Å². The van der Waals surface area contributed by atoms with Crippen LogP contribution in [-0.4, -0.2) is 49.4 Å². The molecular formula is C17H26Cl2N6O. The third-order valence-electron chi connectivity index (χ3n) is 5.32. The Balaban J connectivity index is 0.00000121. The first kappa shape index (κ1) is 20.9. The van der Waals surface area contributed by atoms with Crippen molar-refractivity contribution in [3.8, 4) is 0 Å². The second-order valence-corrected chi connectivity index (χ2v) is 7.18. The van der Waals surface area contributed by atoms with Crippen LogP contribution in [0.3, 0.4) is 0 Å². The standard InChI is InChI=1S/C17H24N6O.2ClH/c18-14-7-13(8-14)15-9-16(21-11-20-15)23-4-1-17(24,2-5-23)10-22-6-3-19-12-22;;/h3,6,9,11-14,24H,1-2,4-5,7-8,10,18H2;2*1H. The summed E-state index contributed by atoms with van der Waals surface area (Å²) < 4.78 is 1.94. The summed E-state index contributed by atoms with van der Waals surface area (Å²) in [5.74, 6) is 1.44. The van der Waals surface area contributed by atoms with Gasteiger partial charge in [0, 0.05) is 49.2 Å². The van der Waals surface area contributed by atoms with Crippen LogP contribution in [0.2, 0.25) is 0 Å². The van der Waals surface area contributed by atoms with Crippen LogP contribution < -0.4 is 10.6 Å². The summed E-state index contributed by atoms with van der Waals surface area (Å²) in [5, 5.41) is 10.8. The number of nitrogens with zero attached hydrogens (tertiary/aromatic N) is 5. The van der Waals surface area contributed by atoms with Gasteiger partial charge in [0.2, 0.25) is 0 Å². The van der Waals surface area contributed by atoms with E-state index in [1.165, 1.54) is 0 Å². The first-order valence-corrected chi connectivity index (χ1v) is 8.62. The molecule has 26 heavy (non-hydrogen) atoms. The number of aliphatic hydroxyl groups is 1. The first-order valence-electron chi connectivity index (χ1n) is 8.62. The molecule has 4 rings (SSSR count). The summed E-state index contributed by atoms with van der Waals surface area (Å²) >= 11 is 0. The Morgan fingerprint density at radius 1 is 1.19 bits per heavy atom. The normalized spacial score (nSPS) is 24.2. The fraction of sp³-hybridized carbons (Fsp3) is 0.588. The molecule has 1 saturated carbocycles. The van der Waals surface area contributed by atoms with Gasteiger partial charge in [0.1, 0.15) is 12.1 Å². The topological polar surface area (TPSA) is 93.1 Å². The molecule has 1 aliphatic carbocycles. The first-order chi connectivity index (χ1) is 11.6. The fourth-order valence-electron chi connectivity index (χ4n) is 3.69. The van der Waals surface area contributed by atoms with E-state index in [9.17, 15) is 5.11 Å². The second-order valence-electron chi connectivity index (χ2n) is 7.18. The maximum absolute atomic E-state index is 10.8. The number of hydrogen-bond acceptors (Lipinski definition) is 6. The van der Waals surface area contributed by atoms with Gasteiger partial charge in [-0.15, -0.1) is 24.8 Å². The summed E-state index contributed by atoms with van der Waals surface area (Å²) in [6.07, 6.45) is 10.5. The van der Waals surface area contributed by atoms with Gasteiger partial charge in [-0.25, -0.2) is 15.0 Å². The number of halogens is 2. The number of hydrogen-bond donors (Lipinski definition) is 2. The lowest BCUT2D eigenvalue weighted by molar-refractivity contribution is -0.000186. The molecule has 0 atom stereocenters. The molecule has 0 unspecified atom stereocenters. The van der Waals surface area contributed by atoms with Crippen molar-refractivity contribution in [3.63, 3.8) is 0 Å². The van der Waals surface area contributed by atoms with Crippen molar-refractivity contribution in [1.82, 2.24) is 19.5 Å². The smallest absolute Gasteiger partial charge is 0.132 e. The Labute approximate surface area is 165 Å². The van der Waals surface area contributed by atoms with Gasteiger partial charge in [-0.1, -0.05) is 0 Å². The molecule has 0 spiro atoms. The molecule has 1 saturated heterocycles. The van der Waals surface area contributed by atoms with Crippen LogP contribution in [0, 0.1) is 0 Å². The Morgan fingerprint density at radius 3 is 2.54 bits per heavy atom. The molecule has 0 bridgehead atoms. The van der Waals surface area contributed by atoms with Crippen LogP contribution in [0.15, 0.2) is 31.1 Å².